The summed E-state index contributed by atoms with van der Waals surface area (Å²) in [5.41, 5.74) is 0.440. The smallest absolute Gasteiger partial charge is 0.212 e. The van der Waals surface area contributed by atoms with E-state index in [0.717, 1.165) is 6.54 Å². The Labute approximate surface area is 105 Å². The molecule has 1 aromatic heterocycles. The summed E-state index contributed by atoms with van der Waals surface area (Å²) in [5.74, 6) is -0.103. The van der Waals surface area contributed by atoms with Crippen molar-refractivity contribution in [2.45, 2.75) is 26.0 Å². The highest BCUT2D eigenvalue weighted by molar-refractivity contribution is 6.33. The summed E-state index contributed by atoms with van der Waals surface area (Å²) < 4.78 is 7.08. The lowest BCUT2D eigenvalue weighted by Crippen LogP contribution is -2.43. The highest BCUT2D eigenvalue weighted by atomic mass is 35.5. The van der Waals surface area contributed by atoms with Crippen molar-refractivity contribution in [3.05, 3.63) is 16.9 Å². The first kappa shape index (κ1) is 12.5. The average Bonchev–Trinajstić information content (AvgIpc) is 2.71. The van der Waals surface area contributed by atoms with E-state index in [4.69, 9.17) is 16.3 Å². The van der Waals surface area contributed by atoms with E-state index in [1.807, 2.05) is 13.8 Å². The van der Waals surface area contributed by atoms with E-state index in [1.54, 1.807) is 4.68 Å². The third-order valence-electron chi connectivity index (χ3n) is 2.69. The number of morpholine rings is 1. The van der Waals surface area contributed by atoms with Crippen molar-refractivity contribution >= 4 is 17.4 Å². The van der Waals surface area contributed by atoms with Crippen LogP contribution < -0.4 is 5.32 Å². The van der Waals surface area contributed by atoms with Crippen LogP contribution in [0.2, 0.25) is 5.02 Å². The van der Waals surface area contributed by atoms with Crippen LogP contribution in [0.5, 0.6) is 0 Å². The van der Waals surface area contributed by atoms with Gasteiger partial charge in [-0.3, -0.25) is 9.48 Å². The van der Waals surface area contributed by atoms with Crippen molar-refractivity contribution in [3.8, 4) is 0 Å². The number of nitrogens with one attached hydrogen (secondary N) is 1. The van der Waals surface area contributed by atoms with Gasteiger partial charge in [-0.2, -0.15) is 5.10 Å². The van der Waals surface area contributed by atoms with Crippen LogP contribution in [0.15, 0.2) is 6.20 Å². The maximum Gasteiger partial charge on any atom is 0.212 e. The molecule has 0 spiro atoms. The number of carbonyl (C=O) groups is 1. The molecule has 94 valence electrons. The Kier molecular flexibility index (Phi) is 3.81. The van der Waals surface area contributed by atoms with Gasteiger partial charge in [-0.15, -0.1) is 0 Å². The predicted octanol–water partition coefficient (Wildman–Crippen LogP) is 1.29. The molecule has 2 heterocycles. The number of aromatic nitrogens is 2. The van der Waals surface area contributed by atoms with Crippen molar-refractivity contribution in [1.29, 1.82) is 0 Å². The number of hydrogen-bond acceptors (Lipinski definition) is 4. The maximum atomic E-state index is 12.3. The first-order chi connectivity index (χ1) is 8.11. The Balaban J connectivity index is 2.26. The van der Waals surface area contributed by atoms with Crippen molar-refractivity contribution in [2.24, 2.45) is 0 Å². The van der Waals surface area contributed by atoms with E-state index in [0.29, 0.717) is 23.9 Å². The van der Waals surface area contributed by atoms with Gasteiger partial charge in [-0.05, 0) is 13.8 Å². The molecule has 1 unspecified atom stereocenters. The lowest BCUT2D eigenvalue weighted by Gasteiger charge is -2.23. The number of ether oxygens (including phenoxy) is 1. The molecular formula is C11H16ClN3O2. The number of carbonyl (C=O) groups excluding carboxylic acids is 1. The van der Waals surface area contributed by atoms with Gasteiger partial charge in [0.2, 0.25) is 5.78 Å². The van der Waals surface area contributed by atoms with Gasteiger partial charge < -0.3 is 10.1 Å². The zero-order valence-corrected chi connectivity index (χ0v) is 10.7. The van der Waals surface area contributed by atoms with Crippen LogP contribution in [-0.4, -0.2) is 41.4 Å². The van der Waals surface area contributed by atoms with E-state index in [9.17, 15) is 4.79 Å². The fourth-order valence-corrected chi connectivity index (χ4v) is 2.07. The molecule has 1 atom stereocenters. The predicted molar refractivity (Wildman–Crippen MR) is 64.6 cm³/mol. The normalized spacial score (nSPS) is 20.8. The Hall–Kier alpha value is -0.910. The van der Waals surface area contributed by atoms with Gasteiger partial charge in [-0.1, -0.05) is 11.6 Å². The third kappa shape index (κ3) is 2.51. The monoisotopic (exact) mass is 257 g/mol. The summed E-state index contributed by atoms with van der Waals surface area (Å²) in [5, 5.41) is 7.63. The van der Waals surface area contributed by atoms with E-state index >= 15 is 0 Å². The van der Waals surface area contributed by atoms with E-state index in [1.165, 1.54) is 6.20 Å². The number of ketones is 1. The molecule has 17 heavy (non-hydrogen) atoms. The molecule has 5 nitrogen and oxygen atoms in total. The molecule has 1 fully saturated rings. The SMILES string of the molecule is CC(C)n1ncc(Cl)c1C(=O)C1CNCCO1. The van der Waals surface area contributed by atoms with E-state index in [2.05, 4.69) is 10.4 Å². The molecule has 0 radical (unpaired) electrons. The van der Waals surface area contributed by atoms with Gasteiger partial charge in [0.25, 0.3) is 0 Å². The Morgan fingerprint density at radius 1 is 1.71 bits per heavy atom. The number of halogens is 1. The van der Waals surface area contributed by atoms with Crippen LogP contribution in [0, 0.1) is 0 Å². The second kappa shape index (κ2) is 5.16. The fourth-order valence-electron chi connectivity index (χ4n) is 1.85. The van der Waals surface area contributed by atoms with Crippen LogP contribution in [0.25, 0.3) is 0 Å². The lowest BCUT2D eigenvalue weighted by atomic mass is 10.1. The van der Waals surface area contributed by atoms with E-state index < -0.39 is 6.10 Å². The molecule has 1 N–H and O–H groups in total. The molecule has 2 rings (SSSR count). The first-order valence-corrected chi connectivity index (χ1v) is 6.08. The van der Waals surface area contributed by atoms with Crippen molar-refractivity contribution in [1.82, 2.24) is 15.1 Å². The van der Waals surface area contributed by atoms with Gasteiger partial charge in [0.1, 0.15) is 11.8 Å². The van der Waals surface area contributed by atoms with Crippen LogP contribution in [0.1, 0.15) is 30.4 Å². The Morgan fingerprint density at radius 2 is 2.47 bits per heavy atom. The summed E-state index contributed by atoms with van der Waals surface area (Å²) in [6.45, 7) is 5.77. The molecular weight excluding hydrogens is 242 g/mol. The van der Waals surface area contributed by atoms with Gasteiger partial charge in [0.05, 0.1) is 17.8 Å². The average molecular weight is 258 g/mol. The topological polar surface area (TPSA) is 56.2 Å². The largest absolute Gasteiger partial charge is 0.367 e. The van der Waals surface area contributed by atoms with Gasteiger partial charge in [-0.25, -0.2) is 0 Å². The number of Topliss-reactive ketones (excluding diaryl/α,β-unsaturated/α-hetero) is 1. The van der Waals surface area contributed by atoms with Crippen molar-refractivity contribution < 1.29 is 9.53 Å². The zero-order valence-electron chi connectivity index (χ0n) is 9.94. The molecule has 0 aliphatic carbocycles. The lowest BCUT2D eigenvalue weighted by molar-refractivity contribution is 0.0260. The highest BCUT2D eigenvalue weighted by Crippen LogP contribution is 2.21. The molecule has 0 amide bonds. The van der Waals surface area contributed by atoms with Gasteiger partial charge >= 0.3 is 0 Å². The molecule has 1 saturated heterocycles. The maximum absolute atomic E-state index is 12.3. The molecule has 1 aromatic rings. The molecule has 0 aromatic carbocycles. The molecule has 1 aliphatic rings. The molecule has 0 saturated carbocycles. The Morgan fingerprint density at radius 3 is 3.06 bits per heavy atom. The third-order valence-corrected chi connectivity index (χ3v) is 2.97. The van der Waals surface area contributed by atoms with Crippen LogP contribution in [-0.2, 0) is 4.74 Å². The molecule has 6 heteroatoms. The number of hydrogen-bond donors (Lipinski definition) is 1. The standard InChI is InChI=1S/C11H16ClN3O2/c1-7(2)15-10(8(12)5-14-15)11(16)9-6-13-3-4-17-9/h5,7,9,13H,3-4,6H2,1-2H3. The Bertz CT molecular complexity index is 411. The van der Waals surface area contributed by atoms with Crippen LogP contribution in [0.4, 0.5) is 0 Å². The van der Waals surface area contributed by atoms with Gasteiger partial charge in [0.15, 0.2) is 0 Å². The summed E-state index contributed by atoms with van der Waals surface area (Å²) in [7, 11) is 0. The quantitative estimate of drug-likeness (QED) is 0.829. The first-order valence-electron chi connectivity index (χ1n) is 5.70. The second-order valence-electron chi connectivity index (χ2n) is 4.31. The molecule has 0 bridgehead atoms. The van der Waals surface area contributed by atoms with Gasteiger partial charge in [0, 0.05) is 19.1 Å². The second-order valence-corrected chi connectivity index (χ2v) is 4.71. The van der Waals surface area contributed by atoms with Crippen molar-refractivity contribution in [3.63, 3.8) is 0 Å². The zero-order chi connectivity index (χ0) is 12.4. The minimum Gasteiger partial charge on any atom is -0.367 e. The summed E-state index contributed by atoms with van der Waals surface area (Å²) in [6.07, 6.45) is 1.04. The summed E-state index contributed by atoms with van der Waals surface area (Å²) in [6, 6.07) is 0.0954. The summed E-state index contributed by atoms with van der Waals surface area (Å²) in [4.78, 5) is 12.3. The van der Waals surface area contributed by atoms with Crippen LogP contribution in [0.3, 0.4) is 0 Å². The van der Waals surface area contributed by atoms with Crippen LogP contribution >= 0.6 is 11.6 Å². The summed E-state index contributed by atoms with van der Waals surface area (Å²) >= 11 is 6.02. The highest BCUT2D eigenvalue weighted by Gasteiger charge is 2.28. The van der Waals surface area contributed by atoms with Crippen molar-refractivity contribution in [2.75, 3.05) is 19.7 Å². The molecule has 1 aliphatic heterocycles. The minimum absolute atomic E-state index is 0.0954. The fraction of sp³-hybridized carbons (Fsp3) is 0.636. The number of nitrogens with zero attached hydrogens (tertiary/aromatic N) is 2. The minimum atomic E-state index is -0.463. The van der Waals surface area contributed by atoms with E-state index in [-0.39, 0.29) is 11.8 Å². The number of rotatable bonds is 3.